The lowest BCUT2D eigenvalue weighted by atomic mass is 10.2. The molecule has 0 amide bonds. The second-order valence-electron chi connectivity index (χ2n) is 2.34. The fourth-order valence-electron chi connectivity index (χ4n) is 0.756. The third-order valence-electron chi connectivity index (χ3n) is 1.33. The Morgan fingerprint density at radius 3 is 3.08 bits per heavy atom. The topological polar surface area (TPSA) is 12.9 Å². The predicted octanol–water partition coefficient (Wildman–Crippen LogP) is 2.61. The van der Waals surface area contributed by atoms with Crippen molar-refractivity contribution in [3.63, 3.8) is 0 Å². The van der Waals surface area contributed by atoms with Gasteiger partial charge in [0.2, 0.25) is 0 Å². The summed E-state index contributed by atoms with van der Waals surface area (Å²) in [5.41, 5.74) is 0.993. The van der Waals surface area contributed by atoms with Crippen molar-refractivity contribution in [2.24, 2.45) is 0 Å². The highest BCUT2D eigenvalue weighted by Crippen LogP contribution is 1.94. The Morgan fingerprint density at radius 2 is 2.42 bits per heavy atom. The standard InChI is InChI=1S/C10H10BrN/c11-7-3-1-2-5-10-6-4-8-12-9-10/h4,6,8-9H,1,3,7H2. The number of unbranched alkanes of at least 4 members (excludes halogenated alkanes) is 1. The first-order chi connectivity index (χ1) is 5.93. The number of halogens is 1. The van der Waals surface area contributed by atoms with Crippen LogP contribution in [-0.2, 0) is 0 Å². The van der Waals surface area contributed by atoms with Crippen LogP contribution in [0.3, 0.4) is 0 Å². The molecule has 0 N–H and O–H groups in total. The van der Waals surface area contributed by atoms with Crippen LogP contribution >= 0.6 is 15.9 Å². The minimum atomic E-state index is 0.945. The molecule has 0 saturated heterocycles. The monoisotopic (exact) mass is 223 g/mol. The summed E-state index contributed by atoms with van der Waals surface area (Å²) in [6.45, 7) is 0. The Morgan fingerprint density at radius 1 is 1.50 bits per heavy atom. The van der Waals surface area contributed by atoms with Crippen molar-refractivity contribution in [1.82, 2.24) is 4.98 Å². The van der Waals surface area contributed by atoms with Crippen LogP contribution < -0.4 is 0 Å². The first-order valence-corrected chi connectivity index (χ1v) is 5.00. The Kier molecular flexibility index (Phi) is 4.48. The molecule has 0 aliphatic rings. The van der Waals surface area contributed by atoms with Gasteiger partial charge in [-0.05, 0) is 18.6 Å². The molecule has 1 aromatic rings. The number of nitrogens with zero attached hydrogens (tertiary/aromatic N) is 1. The molecule has 0 aliphatic carbocycles. The van der Waals surface area contributed by atoms with E-state index < -0.39 is 0 Å². The summed E-state index contributed by atoms with van der Waals surface area (Å²) in [6, 6.07) is 3.86. The number of alkyl halides is 1. The summed E-state index contributed by atoms with van der Waals surface area (Å²) in [5, 5.41) is 1.02. The number of hydrogen-bond donors (Lipinski definition) is 0. The zero-order valence-corrected chi connectivity index (χ0v) is 8.34. The van der Waals surface area contributed by atoms with Gasteiger partial charge in [0.15, 0.2) is 0 Å². The van der Waals surface area contributed by atoms with Crippen molar-refractivity contribution in [3.05, 3.63) is 30.1 Å². The summed E-state index contributed by atoms with van der Waals surface area (Å²) in [7, 11) is 0. The molecule has 0 spiro atoms. The van der Waals surface area contributed by atoms with Crippen LogP contribution in [0.15, 0.2) is 24.5 Å². The fraction of sp³-hybridized carbons (Fsp3) is 0.300. The molecule has 1 aromatic heterocycles. The zero-order chi connectivity index (χ0) is 8.65. The lowest BCUT2D eigenvalue weighted by Crippen LogP contribution is -1.76. The van der Waals surface area contributed by atoms with Gasteiger partial charge in [0, 0.05) is 29.7 Å². The molecule has 0 unspecified atom stereocenters. The fourth-order valence-corrected chi connectivity index (χ4v) is 1.04. The molecule has 0 aromatic carbocycles. The van der Waals surface area contributed by atoms with E-state index in [1.54, 1.807) is 12.4 Å². The third kappa shape index (κ3) is 3.54. The Labute approximate surface area is 81.3 Å². The van der Waals surface area contributed by atoms with E-state index in [0.29, 0.717) is 0 Å². The van der Waals surface area contributed by atoms with E-state index in [1.807, 2.05) is 12.1 Å². The van der Waals surface area contributed by atoms with E-state index in [4.69, 9.17) is 0 Å². The van der Waals surface area contributed by atoms with Gasteiger partial charge in [-0.2, -0.15) is 0 Å². The van der Waals surface area contributed by atoms with Gasteiger partial charge >= 0.3 is 0 Å². The van der Waals surface area contributed by atoms with Gasteiger partial charge in [0.05, 0.1) is 0 Å². The normalized spacial score (nSPS) is 8.75. The lowest BCUT2D eigenvalue weighted by molar-refractivity contribution is 1.01. The second-order valence-corrected chi connectivity index (χ2v) is 3.13. The number of pyridine rings is 1. The van der Waals surface area contributed by atoms with Crippen LogP contribution in [-0.4, -0.2) is 10.3 Å². The molecule has 2 heteroatoms. The van der Waals surface area contributed by atoms with Crippen molar-refractivity contribution < 1.29 is 0 Å². The number of hydrogen-bond acceptors (Lipinski definition) is 1. The summed E-state index contributed by atoms with van der Waals surface area (Å²) in [5.74, 6) is 6.13. The van der Waals surface area contributed by atoms with E-state index in [1.165, 1.54) is 0 Å². The molecule has 1 heterocycles. The van der Waals surface area contributed by atoms with Crippen molar-refractivity contribution in [2.45, 2.75) is 12.8 Å². The van der Waals surface area contributed by atoms with Crippen LogP contribution in [0.5, 0.6) is 0 Å². The predicted molar refractivity (Wildman–Crippen MR) is 54.1 cm³/mol. The van der Waals surface area contributed by atoms with Crippen molar-refractivity contribution in [2.75, 3.05) is 5.33 Å². The quantitative estimate of drug-likeness (QED) is 0.427. The maximum atomic E-state index is 3.97. The minimum Gasteiger partial charge on any atom is -0.263 e. The maximum absolute atomic E-state index is 3.97. The van der Waals surface area contributed by atoms with E-state index >= 15 is 0 Å². The molecular weight excluding hydrogens is 214 g/mol. The van der Waals surface area contributed by atoms with Crippen molar-refractivity contribution in [1.29, 1.82) is 0 Å². The van der Waals surface area contributed by atoms with Crippen LogP contribution in [0.1, 0.15) is 18.4 Å². The summed E-state index contributed by atoms with van der Waals surface area (Å²) in [6.07, 6.45) is 5.58. The molecule has 0 bridgehead atoms. The van der Waals surface area contributed by atoms with Crippen molar-refractivity contribution in [3.8, 4) is 11.8 Å². The second kappa shape index (κ2) is 5.79. The molecule has 1 nitrogen and oxygen atoms in total. The largest absolute Gasteiger partial charge is 0.263 e. The summed E-state index contributed by atoms with van der Waals surface area (Å²) < 4.78 is 0. The minimum absolute atomic E-state index is 0.945. The Bertz CT molecular complexity index is 271. The molecule has 0 fully saturated rings. The Hall–Kier alpha value is -0.810. The molecule has 0 aliphatic heterocycles. The zero-order valence-electron chi connectivity index (χ0n) is 6.76. The highest BCUT2D eigenvalue weighted by Gasteiger charge is 1.82. The van der Waals surface area contributed by atoms with Gasteiger partial charge in [0.1, 0.15) is 0 Å². The van der Waals surface area contributed by atoms with E-state index in [-0.39, 0.29) is 0 Å². The molecule has 0 radical (unpaired) electrons. The molecule has 0 atom stereocenters. The highest BCUT2D eigenvalue weighted by molar-refractivity contribution is 9.09. The average molecular weight is 224 g/mol. The van der Waals surface area contributed by atoms with Crippen LogP contribution in [0.4, 0.5) is 0 Å². The number of aromatic nitrogens is 1. The molecule has 1 rings (SSSR count). The summed E-state index contributed by atoms with van der Waals surface area (Å²) in [4.78, 5) is 3.97. The maximum Gasteiger partial charge on any atom is 0.0428 e. The lowest BCUT2D eigenvalue weighted by Gasteiger charge is -1.86. The van der Waals surface area contributed by atoms with Crippen LogP contribution in [0.2, 0.25) is 0 Å². The van der Waals surface area contributed by atoms with Crippen LogP contribution in [0, 0.1) is 11.8 Å². The molecule has 0 saturated carbocycles. The van der Waals surface area contributed by atoms with E-state index in [9.17, 15) is 0 Å². The average Bonchev–Trinajstić information content (AvgIpc) is 2.14. The Balaban J connectivity index is 2.44. The smallest absolute Gasteiger partial charge is 0.0428 e. The van der Waals surface area contributed by atoms with Gasteiger partial charge in [-0.15, -0.1) is 0 Å². The number of rotatable bonds is 2. The molecular formula is C10H10BrN. The van der Waals surface area contributed by atoms with Gasteiger partial charge in [-0.3, -0.25) is 4.98 Å². The summed E-state index contributed by atoms with van der Waals surface area (Å²) >= 11 is 3.36. The molecule has 62 valence electrons. The SMILES string of the molecule is BrCCCC#Cc1cccnc1. The van der Waals surface area contributed by atoms with Gasteiger partial charge in [0.25, 0.3) is 0 Å². The van der Waals surface area contributed by atoms with Gasteiger partial charge in [-0.25, -0.2) is 0 Å². The first kappa shape index (κ1) is 9.28. The van der Waals surface area contributed by atoms with E-state index in [0.717, 1.165) is 23.7 Å². The van der Waals surface area contributed by atoms with Crippen molar-refractivity contribution >= 4 is 15.9 Å². The van der Waals surface area contributed by atoms with E-state index in [2.05, 4.69) is 32.8 Å². The molecule has 12 heavy (non-hydrogen) atoms. The third-order valence-corrected chi connectivity index (χ3v) is 1.89. The van der Waals surface area contributed by atoms with Gasteiger partial charge in [-0.1, -0.05) is 27.8 Å². The van der Waals surface area contributed by atoms with Crippen LogP contribution in [0.25, 0.3) is 0 Å². The van der Waals surface area contributed by atoms with Gasteiger partial charge < -0.3 is 0 Å². The first-order valence-electron chi connectivity index (χ1n) is 3.88. The highest BCUT2D eigenvalue weighted by atomic mass is 79.9.